The number of para-hydroxylation sites is 1. The summed E-state index contributed by atoms with van der Waals surface area (Å²) in [6, 6.07) is 8.97. The summed E-state index contributed by atoms with van der Waals surface area (Å²) in [5.41, 5.74) is 1.58. The fourth-order valence-corrected chi connectivity index (χ4v) is 3.44. The minimum Gasteiger partial charge on any atom is -0.367 e. The van der Waals surface area contributed by atoms with E-state index in [1.807, 2.05) is 30.1 Å². The third-order valence-electron chi connectivity index (χ3n) is 2.62. The van der Waals surface area contributed by atoms with E-state index in [1.54, 1.807) is 6.07 Å². The van der Waals surface area contributed by atoms with Gasteiger partial charge in [-0.25, -0.2) is 4.39 Å². The number of nitrogens with zero attached hydrogens (tertiary/aromatic N) is 1. The molecule has 2 rings (SSSR count). The van der Waals surface area contributed by atoms with Crippen molar-refractivity contribution in [3.8, 4) is 0 Å². The summed E-state index contributed by atoms with van der Waals surface area (Å²) < 4.78 is 14.7. The van der Waals surface area contributed by atoms with Crippen molar-refractivity contribution in [3.63, 3.8) is 0 Å². The van der Waals surface area contributed by atoms with Crippen LogP contribution in [-0.2, 0) is 11.9 Å². The highest BCUT2D eigenvalue weighted by Crippen LogP contribution is 2.29. The Morgan fingerprint density at radius 3 is 2.72 bits per heavy atom. The molecule has 0 saturated heterocycles. The molecule has 5 heteroatoms. The van der Waals surface area contributed by atoms with Crippen LogP contribution in [0.5, 0.6) is 0 Å². The summed E-state index contributed by atoms with van der Waals surface area (Å²) >= 11 is 10.8. The summed E-state index contributed by atoms with van der Waals surface area (Å²) in [4.78, 5) is 3.03. The fraction of sp³-hybridized carbons (Fsp3) is 0.231. The Morgan fingerprint density at radius 2 is 2.11 bits per heavy atom. The Bertz CT molecular complexity index is 544. The fourth-order valence-electron chi connectivity index (χ4n) is 1.84. The predicted octanol–water partition coefficient (Wildman–Crippen LogP) is 5.07. The minimum absolute atomic E-state index is 0.197. The Balaban J connectivity index is 2.25. The standard InChI is InChI=1S/C13H12BrClFNS/c1-17(8-10-5-6-12(15)18-10)13-9(7-14)3-2-4-11(13)16/h2-6H,7-8H2,1H3. The predicted molar refractivity (Wildman–Crippen MR) is 80.5 cm³/mol. The van der Waals surface area contributed by atoms with Crippen LogP contribution in [0.4, 0.5) is 10.1 Å². The molecule has 0 bridgehead atoms. The topological polar surface area (TPSA) is 3.24 Å². The van der Waals surface area contributed by atoms with Gasteiger partial charge >= 0.3 is 0 Å². The summed E-state index contributed by atoms with van der Waals surface area (Å²) in [7, 11) is 1.89. The monoisotopic (exact) mass is 347 g/mol. The van der Waals surface area contributed by atoms with Gasteiger partial charge in [0.15, 0.2) is 0 Å². The quantitative estimate of drug-likeness (QED) is 0.697. The van der Waals surface area contributed by atoms with E-state index in [0.29, 0.717) is 17.6 Å². The van der Waals surface area contributed by atoms with Crippen LogP contribution in [0.1, 0.15) is 10.4 Å². The van der Waals surface area contributed by atoms with Crippen molar-refractivity contribution in [2.24, 2.45) is 0 Å². The number of hydrogen-bond acceptors (Lipinski definition) is 2. The summed E-state index contributed by atoms with van der Waals surface area (Å²) in [5.74, 6) is -0.197. The van der Waals surface area contributed by atoms with E-state index in [9.17, 15) is 4.39 Å². The molecule has 0 fully saturated rings. The second-order valence-electron chi connectivity index (χ2n) is 3.94. The van der Waals surface area contributed by atoms with Gasteiger partial charge in [-0.3, -0.25) is 0 Å². The van der Waals surface area contributed by atoms with Crippen molar-refractivity contribution in [2.45, 2.75) is 11.9 Å². The van der Waals surface area contributed by atoms with Gasteiger partial charge in [0.25, 0.3) is 0 Å². The molecule has 0 unspecified atom stereocenters. The molecule has 1 aromatic carbocycles. The first-order valence-corrected chi connectivity index (χ1v) is 7.72. The second-order valence-corrected chi connectivity index (χ2v) is 6.30. The number of hydrogen-bond donors (Lipinski definition) is 0. The lowest BCUT2D eigenvalue weighted by Gasteiger charge is -2.21. The van der Waals surface area contributed by atoms with Gasteiger partial charge in [0.2, 0.25) is 0 Å². The molecule has 0 aliphatic heterocycles. The third-order valence-corrected chi connectivity index (χ3v) is 4.44. The van der Waals surface area contributed by atoms with Gasteiger partial charge in [0.1, 0.15) is 5.82 Å². The van der Waals surface area contributed by atoms with Gasteiger partial charge in [-0.05, 0) is 23.8 Å². The molecule has 1 heterocycles. The molecule has 2 aromatic rings. The van der Waals surface area contributed by atoms with Crippen LogP contribution in [0.15, 0.2) is 30.3 Å². The van der Waals surface area contributed by atoms with Crippen molar-refractivity contribution in [2.75, 3.05) is 11.9 Å². The van der Waals surface area contributed by atoms with E-state index in [4.69, 9.17) is 11.6 Å². The zero-order valence-corrected chi connectivity index (χ0v) is 12.9. The third kappa shape index (κ3) is 3.05. The number of thiophene rings is 1. The largest absolute Gasteiger partial charge is 0.367 e. The average molecular weight is 349 g/mol. The molecule has 0 radical (unpaired) electrons. The highest BCUT2D eigenvalue weighted by molar-refractivity contribution is 9.08. The number of anilines is 1. The van der Waals surface area contributed by atoms with Gasteiger partial charge < -0.3 is 4.90 Å². The summed E-state index contributed by atoms with van der Waals surface area (Å²) in [5, 5.41) is 0.635. The summed E-state index contributed by atoms with van der Waals surface area (Å²) in [6.07, 6.45) is 0. The van der Waals surface area contributed by atoms with Crippen molar-refractivity contribution in [1.82, 2.24) is 0 Å². The molecule has 0 amide bonds. The molecule has 0 aliphatic rings. The maximum atomic E-state index is 13.9. The first-order valence-electron chi connectivity index (χ1n) is 5.40. The van der Waals surface area contributed by atoms with Crippen molar-refractivity contribution < 1.29 is 4.39 Å². The van der Waals surface area contributed by atoms with Crippen LogP contribution in [0.3, 0.4) is 0 Å². The molecule has 96 valence electrons. The van der Waals surface area contributed by atoms with Gasteiger partial charge in [0, 0.05) is 17.3 Å². The first-order chi connectivity index (χ1) is 8.61. The molecular formula is C13H12BrClFNS. The highest BCUT2D eigenvalue weighted by atomic mass is 79.9. The average Bonchev–Trinajstić information content (AvgIpc) is 2.74. The van der Waals surface area contributed by atoms with E-state index >= 15 is 0 Å². The Hall–Kier alpha value is -0.580. The smallest absolute Gasteiger partial charge is 0.146 e. The van der Waals surface area contributed by atoms with Gasteiger partial charge in [0.05, 0.1) is 16.6 Å². The Kier molecular flexibility index (Phi) is 4.65. The van der Waals surface area contributed by atoms with E-state index < -0.39 is 0 Å². The minimum atomic E-state index is -0.197. The number of halogens is 3. The number of alkyl halides is 1. The zero-order valence-electron chi connectivity index (χ0n) is 9.79. The van der Waals surface area contributed by atoms with E-state index in [1.165, 1.54) is 17.4 Å². The second kappa shape index (κ2) is 6.04. The molecule has 0 saturated carbocycles. The van der Waals surface area contributed by atoms with Crippen LogP contribution in [0.2, 0.25) is 4.34 Å². The molecule has 0 spiro atoms. The molecule has 0 atom stereocenters. The lowest BCUT2D eigenvalue weighted by atomic mass is 10.1. The number of benzene rings is 1. The van der Waals surface area contributed by atoms with Crippen molar-refractivity contribution >= 4 is 44.6 Å². The maximum absolute atomic E-state index is 13.9. The van der Waals surface area contributed by atoms with Gasteiger partial charge in [-0.15, -0.1) is 11.3 Å². The first kappa shape index (κ1) is 13.8. The zero-order chi connectivity index (χ0) is 13.1. The normalized spacial score (nSPS) is 10.7. The Labute approximate surface area is 123 Å². The SMILES string of the molecule is CN(Cc1ccc(Cl)s1)c1c(F)cccc1CBr. The number of rotatable bonds is 4. The van der Waals surface area contributed by atoms with Crippen LogP contribution in [0.25, 0.3) is 0 Å². The highest BCUT2D eigenvalue weighted by Gasteiger charge is 2.13. The summed E-state index contributed by atoms with van der Waals surface area (Å²) in [6.45, 7) is 0.651. The molecule has 0 aliphatic carbocycles. The van der Waals surface area contributed by atoms with Crippen LogP contribution >= 0.6 is 38.9 Å². The van der Waals surface area contributed by atoms with Crippen molar-refractivity contribution in [3.05, 3.63) is 50.9 Å². The van der Waals surface area contributed by atoms with Crippen LogP contribution < -0.4 is 4.90 Å². The van der Waals surface area contributed by atoms with E-state index in [2.05, 4.69) is 15.9 Å². The van der Waals surface area contributed by atoms with Gasteiger partial charge in [-0.2, -0.15) is 0 Å². The molecular weight excluding hydrogens is 337 g/mol. The molecule has 1 nitrogen and oxygen atoms in total. The molecule has 18 heavy (non-hydrogen) atoms. The van der Waals surface area contributed by atoms with Crippen molar-refractivity contribution in [1.29, 1.82) is 0 Å². The van der Waals surface area contributed by atoms with E-state index in [-0.39, 0.29) is 5.82 Å². The van der Waals surface area contributed by atoms with Crippen LogP contribution in [0, 0.1) is 5.82 Å². The maximum Gasteiger partial charge on any atom is 0.146 e. The lowest BCUT2D eigenvalue weighted by Crippen LogP contribution is -2.18. The molecule has 1 aromatic heterocycles. The molecule has 0 N–H and O–H groups in total. The van der Waals surface area contributed by atoms with Gasteiger partial charge in [-0.1, -0.05) is 39.7 Å². The van der Waals surface area contributed by atoms with Crippen LogP contribution in [-0.4, -0.2) is 7.05 Å². The Morgan fingerprint density at radius 1 is 1.33 bits per heavy atom. The lowest BCUT2D eigenvalue weighted by molar-refractivity contribution is 0.621. The van der Waals surface area contributed by atoms with E-state index in [0.717, 1.165) is 14.8 Å².